The minimum atomic E-state index is -1.09. The normalized spacial score (nSPS) is 11.7. The number of anilines is 1. The quantitative estimate of drug-likeness (QED) is 0.385. The molecule has 1 amide bonds. The largest absolute Gasteiger partial charge is 0.480 e. The van der Waals surface area contributed by atoms with E-state index in [1.54, 1.807) is 0 Å². The first kappa shape index (κ1) is 22.0. The van der Waals surface area contributed by atoms with Crippen LogP contribution in [0.3, 0.4) is 0 Å². The summed E-state index contributed by atoms with van der Waals surface area (Å²) in [7, 11) is 0. The number of amides is 1. The van der Waals surface area contributed by atoms with Crippen LogP contribution in [0.25, 0.3) is 22.2 Å². The van der Waals surface area contributed by atoms with Crippen molar-refractivity contribution in [2.24, 2.45) is 0 Å². The van der Waals surface area contributed by atoms with Gasteiger partial charge in [0.25, 0.3) is 0 Å². The van der Waals surface area contributed by atoms with Gasteiger partial charge >= 0.3 is 5.97 Å². The first-order valence-electron chi connectivity index (χ1n) is 10.6. The summed E-state index contributed by atoms with van der Waals surface area (Å²) < 4.78 is 0. The number of rotatable bonds is 8. The van der Waals surface area contributed by atoms with Gasteiger partial charge in [0.1, 0.15) is 6.04 Å². The summed E-state index contributed by atoms with van der Waals surface area (Å²) in [4.78, 5) is 33.3. The minimum absolute atomic E-state index is 0.149. The lowest BCUT2D eigenvalue weighted by molar-refractivity contribution is -0.141. The second-order valence-corrected chi connectivity index (χ2v) is 7.78. The molecule has 4 rings (SSSR count). The van der Waals surface area contributed by atoms with Crippen LogP contribution >= 0.6 is 0 Å². The van der Waals surface area contributed by atoms with Gasteiger partial charge in [-0.15, -0.1) is 0 Å². The lowest BCUT2D eigenvalue weighted by Crippen LogP contribution is -2.44. The Morgan fingerprint density at radius 3 is 2.33 bits per heavy atom. The van der Waals surface area contributed by atoms with Crippen LogP contribution < -0.4 is 10.6 Å². The number of carboxylic acids is 1. The lowest BCUT2D eigenvalue weighted by atomic mass is 10.0. The molecule has 4 aromatic rings. The van der Waals surface area contributed by atoms with E-state index in [4.69, 9.17) is 0 Å². The van der Waals surface area contributed by atoms with Crippen LogP contribution in [-0.4, -0.2) is 39.5 Å². The molecule has 1 aromatic heterocycles. The van der Waals surface area contributed by atoms with E-state index in [1.807, 2.05) is 85.8 Å². The fraction of sp³-hybridized carbons (Fsp3) is 0.154. The van der Waals surface area contributed by atoms with Crippen LogP contribution in [-0.2, 0) is 16.0 Å². The molecule has 1 unspecified atom stereocenters. The van der Waals surface area contributed by atoms with Gasteiger partial charge in [-0.3, -0.25) is 4.79 Å². The van der Waals surface area contributed by atoms with Crippen LogP contribution in [0.5, 0.6) is 0 Å². The second-order valence-electron chi connectivity index (χ2n) is 7.78. The van der Waals surface area contributed by atoms with Crippen molar-refractivity contribution in [3.63, 3.8) is 0 Å². The molecule has 0 saturated carbocycles. The SMILES string of the molecule is Cc1ccc2nc(NCC(=O)NC(Cc3ccccc3)C(=O)O)nc(-c3ccccc3)c2c1. The molecule has 1 atom stereocenters. The Bertz CT molecular complexity index is 1280. The van der Waals surface area contributed by atoms with E-state index in [-0.39, 0.29) is 13.0 Å². The van der Waals surface area contributed by atoms with E-state index >= 15 is 0 Å². The number of carbonyl (C=O) groups is 2. The highest BCUT2D eigenvalue weighted by molar-refractivity contribution is 5.94. The smallest absolute Gasteiger partial charge is 0.326 e. The Morgan fingerprint density at radius 2 is 1.64 bits per heavy atom. The highest BCUT2D eigenvalue weighted by Crippen LogP contribution is 2.27. The van der Waals surface area contributed by atoms with Crippen molar-refractivity contribution in [3.05, 3.63) is 90.0 Å². The molecule has 0 spiro atoms. The molecular weight excluding hydrogens is 416 g/mol. The van der Waals surface area contributed by atoms with Gasteiger partial charge in [0.2, 0.25) is 11.9 Å². The Hall–Kier alpha value is -4.26. The molecule has 0 aliphatic heterocycles. The highest BCUT2D eigenvalue weighted by atomic mass is 16.4. The van der Waals surface area contributed by atoms with Crippen LogP contribution in [0.15, 0.2) is 78.9 Å². The molecule has 0 saturated heterocycles. The van der Waals surface area contributed by atoms with Crippen molar-refractivity contribution in [2.45, 2.75) is 19.4 Å². The summed E-state index contributed by atoms with van der Waals surface area (Å²) in [5, 5.41) is 15.9. The molecule has 33 heavy (non-hydrogen) atoms. The third-order valence-electron chi connectivity index (χ3n) is 5.22. The van der Waals surface area contributed by atoms with E-state index < -0.39 is 17.9 Å². The van der Waals surface area contributed by atoms with E-state index in [0.29, 0.717) is 5.95 Å². The maximum atomic E-state index is 12.5. The number of fused-ring (bicyclic) bond motifs is 1. The number of nitrogens with zero attached hydrogens (tertiary/aromatic N) is 2. The summed E-state index contributed by atoms with van der Waals surface area (Å²) >= 11 is 0. The maximum absolute atomic E-state index is 12.5. The zero-order chi connectivity index (χ0) is 23.2. The number of aliphatic carboxylic acids is 1. The van der Waals surface area contributed by atoms with Gasteiger partial charge in [0.05, 0.1) is 17.8 Å². The molecule has 0 aliphatic rings. The van der Waals surface area contributed by atoms with E-state index in [9.17, 15) is 14.7 Å². The van der Waals surface area contributed by atoms with Crippen molar-refractivity contribution in [1.29, 1.82) is 0 Å². The lowest BCUT2D eigenvalue weighted by Gasteiger charge is -2.15. The summed E-state index contributed by atoms with van der Waals surface area (Å²) in [5.41, 5.74) is 4.39. The van der Waals surface area contributed by atoms with Crippen molar-refractivity contribution in [1.82, 2.24) is 15.3 Å². The summed E-state index contributed by atoms with van der Waals surface area (Å²) in [6, 6.07) is 23.9. The molecule has 0 aliphatic carbocycles. The molecule has 166 valence electrons. The van der Waals surface area contributed by atoms with Crippen LogP contribution in [0.1, 0.15) is 11.1 Å². The second kappa shape index (κ2) is 9.91. The Kier molecular flexibility index (Phi) is 6.59. The average Bonchev–Trinajstić information content (AvgIpc) is 2.83. The van der Waals surface area contributed by atoms with Crippen molar-refractivity contribution in [2.75, 3.05) is 11.9 Å². The maximum Gasteiger partial charge on any atom is 0.326 e. The summed E-state index contributed by atoms with van der Waals surface area (Å²) in [5.74, 6) is -1.24. The third-order valence-corrected chi connectivity index (χ3v) is 5.22. The number of hydrogen-bond donors (Lipinski definition) is 3. The van der Waals surface area contributed by atoms with Gasteiger partial charge in [-0.05, 0) is 24.6 Å². The molecule has 7 heteroatoms. The zero-order valence-corrected chi connectivity index (χ0v) is 18.2. The fourth-order valence-electron chi connectivity index (χ4n) is 3.59. The molecule has 0 bridgehead atoms. The zero-order valence-electron chi connectivity index (χ0n) is 18.2. The van der Waals surface area contributed by atoms with Crippen LogP contribution in [0.4, 0.5) is 5.95 Å². The molecule has 7 nitrogen and oxygen atoms in total. The minimum Gasteiger partial charge on any atom is -0.480 e. The number of benzene rings is 3. The number of aromatic nitrogens is 2. The van der Waals surface area contributed by atoms with E-state index in [0.717, 1.165) is 33.3 Å². The molecule has 3 aromatic carbocycles. The third kappa shape index (κ3) is 5.51. The van der Waals surface area contributed by atoms with Gasteiger partial charge < -0.3 is 15.7 Å². The predicted octanol–water partition coefficient (Wildman–Crippen LogP) is 3.83. The Morgan fingerprint density at radius 1 is 0.939 bits per heavy atom. The monoisotopic (exact) mass is 440 g/mol. The van der Waals surface area contributed by atoms with Gasteiger partial charge in [-0.1, -0.05) is 72.3 Å². The number of nitrogens with one attached hydrogen (secondary N) is 2. The van der Waals surface area contributed by atoms with Gasteiger partial charge in [-0.2, -0.15) is 0 Å². The molecule has 3 N–H and O–H groups in total. The standard InChI is InChI=1S/C26H24N4O3/c1-17-12-13-21-20(14-17)24(19-10-6-3-7-11-19)30-26(29-21)27-16-23(31)28-22(25(32)33)15-18-8-4-2-5-9-18/h2-14,22H,15-16H2,1H3,(H,28,31)(H,32,33)(H,27,29,30). The fourth-order valence-corrected chi connectivity index (χ4v) is 3.59. The molecule has 0 radical (unpaired) electrons. The summed E-state index contributed by atoms with van der Waals surface area (Å²) in [6.45, 7) is 1.86. The van der Waals surface area contributed by atoms with Gasteiger partial charge in [0, 0.05) is 17.4 Å². The topological polar surface area (TPSA) is 104 Å². The molecule has 1 heterocycles. The Labute approximate surface area is 191 Å². The number of aryl methyl sites for hydroxylation is 1. The summed E-state index contributed by atoms with van der Waals surface area (Å²) in [6.07, 6.45) is 0.200. The van der Waals surface area contributed by atoms with E-state index in [2.05, 4.69) is 20.6 Å². The van der Waals surface area contributed by atoms with Crippen molar-refractivity contribution >= 4 is 28.7 Å². The Balaban J connectivity index is 1.51. The highest BCUT2D eigenvalue weighted by Gasteiger charge is 2.20. The van der Waals surface area contributed by atoms with Crippen LogP contribution in [0, 0.1) is 6.92 Å². The number of carbonyl (C=O) groups excluding carboxylic acids is 1. The van der Waals surface area contributed by atoms with Crippen molar-refractivity contribution < 1.29 is 14.7 Å². The van der Waals surface area contributed by atoms with Crippen molar-refractivity contribution in [3.8, 4) is 11.3 Å². The molecule has 0 fully saturated rings. The predicted molar refractivity (Wildman–Crippen MR) is 128 cm³/mol. The van der Waals surface area contributed by atoms with Gasteiger partial charge in [-0.25, -0.2) is 14.8 Å². The average molecular weight is 441 g/mol. The van der Waals surface area contributed by atoms with E-state index in [1.165, 1.54) is 0 Å². The number of hydrogen-bond acceptors (Lipinski definition) is 5. The number of carboxylic acid groups (broad SMARTS) is 1. The van der Waals surface area contributed by atoms with Gasteiger partial charge in [0.15, 0.2) is 0 Å². The molecular formula is C26H24N4O3. The first-order valence-corrected chi connectivity index (χ1v) is 10.6. The van der Waals surface area contributed by atoms with Crippen LogP contribution in [0.2, 0.25) is 0 Å². The first-order chi connectivity index (χ1) is 16.0.